The summed E-state index contributed by atoms with van der Waals surface area (Å²) in [5, 5.41) is 3.72. The minimum absolute atomic E-state index is 0.287. The molecule has 0 fully saturated rings. The Kier molecular flexibility index (Phi) is 4.21. The summed E-state index contributed by atoms with van der Waals surface area (Å²) in [5.74, 6) is 0.140. The van der Waals surface area contributed by atoms with Crippen molar-refractivity contribution >= 4 is 49.9 Å². The SMILES string of the molecule is COc1cc(Cl)ccc1C(=O)Nc1ncc(Br)s1. The highest BCUT2D eigenvalue weighted by atomic mass is 79.9. The largest absolute Gasteiger partial charge is 0.496 e. The van der Waals surface area contributed by atoms with Gasteiger partial charge in [0, 0.05) is 5.02 Å². The van der Waals surface area contributed by atoms with Crippen molar-refractivity contribution in [1.82, 2.24) is 4.98 Å². The lowest BCUT2D eigenvalue weighted by molar-refractivity contribution is 0.102. The van der Waals surface area contributed by atoms with E-state index in [9.17, 15) is 4.79 Å². The van der Waals surface area contributed by atoms with Crippen LogP contribution in [-0.4, -0.2) is 18.0 Å². The normalized spacial score (nSPS) is 10.2. The summed E-state index contributed by atoms with van der Waals surface area (Å²) in [7, 11) is 1.49. The van der Waals surface area contributed by atoms with Crippen molar-refractivity contribution in [1.29, 1.82) is 0 Å². The van der Waals surface area contributed by atoms with Crippen LogP contribution in [0.25, 0.3) is 0 Å². The number of thiazole rings is 1. The summed E-state index contributed by atoms with van der Waals surface area (Å²) in [6, 6.07) is 4.84. The van der Waals surface area contributed by atoms with Crippen molar-refractivity contribution in [2.24, 2.45) is 0 Å². The number of aromatic nitrogens is 1. The summed E-state index contributed by atoms with van der Waals surface area (Å²) >= 11 is 10.4. The van der Waals surface area contributed by atoms with E-state index in [-0.39, 0.29) is 5.91 Å². The van der Waals surface area contributed by atoms with E-state index < -0.39 is 0 Å². The van der Waals surface area contributed by atoms with Crippen molar-refractivity contribution in [2.75, 3.05) is 12.4 Å². The number of methoxy groups -OCH3 is 1. The van der Waals surface area contributed by atoms with Gasteiger partial charge in [-0.25, -0.2) is 4.98 Å². The monoisotopic (exact) mass is 346 g/mol. The second kappa shape index (κ2) is 5.69. The predicted molar refractivity (Wildman–Crippen MR) is 75.8 cm³/mol. The summed E-state index contributed by atoms with van der Waals surface area (Å²) < 4.78 is 5.97. The highest BCUT2D eigenvalue weighted by Crippen LogP contribution is 2.26. The van der Waals surface area contributed by atoms with Crippen molar-refractivity contribution in [3.8, 4) is 5.75 Å². The number of benzene rings is 1. The van der Waals surface area contributed by atoms with Crippen LogP contribution in [0.2, 0.25) is 5.02 Å². The van der Waals surface area contributed by atoms with Crippen molar-refractivity contribution < 1.29 is 9.53 Å². The Hall–Kier alpha value is -1.11. The third-order valence-electron chi connectivity index (χ3n) is 2.11. The number of anilines is 1. The summed E-state index contributed by atoms with van der Waals surface area (Å²) in [6.45, 7) is 0. The number of nitrogens with one attached hydrogen (secondary N) is 1. The van der Waals surface area contributed by atoms with E-state index in [0.717, 1.165) is 3.79 Å². The maximum Gasteiger partial charge on any atom is 0.261 e. The molecule has 2 rings (SSSR count). The predicted octanol–water partition coefficient (Wildman–Crippen LogP) is 3.82. The molecular weight excluding hydrogens is 340 g/mol. The number of ether oxygens (including phenoxy) is 1. The molecule has 94 valence electrons. The molecule has 0 bridgehead atoms. The molecule has 1 aromatic heterocycles. The van der Waals surface area contributed by atoms with Crippen molar-refractivity contribution in [2.45, 2.75) is 0 Å². The second-order valence-electron chi connectivity index (χ2n) is 3.27. The molecule has 4 nitrogen and oxygen atoms in total. The van der Waals surface area contributed by atoms with Gasteiger partial charge in [-0.1, -0.05) is 22.9 Å². The van der Waals surface area contributed by atoms with Gasteiger partial charge in [-0.05, 0) is 34.1 Å². The lowest BCUT2D eigenvalue weighted by atomic mass is 10.2. The van der Waals surface area contributed by atoms with E-state index >= 15 is 0 Å². The first-order chi connectivity index (χ1) is 8.60. The Morgan fingerprint density at radius 3 is 2.94 bits per heavy atom. The van der Waals surface area contributed by atoms with Crippen LogP contribution < -0.4 is 10.1 Å². The second-order valence-corrected chi connectivity index (χ2v) is 6.11. The molecule has 1 N–H and O–H groups in total. The zero-order valence-electron chi connectivity index (χ0n) is 9.24. The minimum Gasteiger partial charge on any atom is -0.496 e. The zero-order valence-corrected chi connectivity index (χ0v) is 12.4. The third kappa shape index (κ3) is 3.01. The van der Waals surface area contributed by atoms with Crippen LogP contribution >= 0.6 is 38.9 Å². The van der Waals surface area contributed by atoms with Gasteiger partial charge in [0.25, 0.3) is 5.91 Å². The average molecular weight is 348 g/mol. The maximum atomic E-state index is 12.0. The Balaban J connectivity index is 2.23. The molecule has 0 spiro atoms. The van der Waals surface area contributed by atoms with Gasteiger partial charge in [-0.2, -0.15) is 0 Å². The molecule has 0 aliphatic rings. The first-order valence-corrected chi connectivity index (χ1v) is 6.85. The van der Waals surface area contributed by atoms with Gasteiger partial charge >= 0.3 is 0 Å². The topological polar surface area (TPSA) is 51.2 Å². The molecule has 0 aliphatic heterocycles. The number of hydrogen-bond donors (Lipinski definition) is 1. The van der Waals surface area contributed by atoms with E-state index in [1.165, 1.54) is 18.4 Å². The van der Waals surface area contributed by atoms with Crippen LogP contribution in [-0.2, 0) is 0 Å². The molecule has 0 unspecified atom stereocenters. The lowest BCUT2D eigenvalue weighted by Gasteiger charge is -2.07. The lowest BCUT2D eigenvalue weighted by Crippen LogP contribution is -2.12. The fourth-order valence-corrected chi connectivity index (χ4v) is 2.59. The van der Waals surface area contributed by atoms with E-state index in [2.05, 4.69) is 26.2 Å². The van der Waals surface area contributed by atoms with E-state index in [4.69, 9.17) is 16.3 Å². The average Bonchev–Trinajstić information content (AvgIpc) is 2.74. The van der Waals surface area contributed by atoms with Gasteiger partial charge in [0.15, 0.2) is 5.13 Å². The number of carbonyl (C=O) groups excluding carboxylic acids is 1. The number of hydrogen-bond acceptors (Lipinski definition) is 4. The van der Waals surface area contributed by atoms with E-state index in [1.807, 2.05) is 0 Å². The fourth-order valence-electron chi connectivity index (χ4n) is 1.33. The number of nitrogens with zero attached hydrogens (tertiary/aromatic N) is 1. The molecule has 1 heterocycles. The Labute approximate surface area is 121 Å². The van der Waals surface area contributed by atoms with Crippen molar-refractivity contribution in [3.63, 3.8) is 0 Å². The molecule has 2 aromatic rings. The van der Waals surface area contributed by atoms with Gasteiger partial charge in [0.05, 0.1) is 22.7 Å². The molecule has 0 aliphatic carbocycles. The first kappa shape index (κ1) is 13.3. The summed E-state index contributed by atoms with van der Waals surface area (Å²) in [6.07, 6.45) is 1.62. The van der Waals surface area contributed by atoms with Crippen LogP contribution in [0.3, 0.4) is 0 Å². The summed E-state index contributed by atoms with van der Waals surface area (Å²) in [4.78, 5) is 16.1. The van der Waals surface area contributed by atoms with Gasteiger partial charge in [0.1, 0.15) is 5.75 Å². The van der Waals surface area contributed by atoms with E-state index in [1.54, 1.807) is 24.4 Å². The standard InChI is InChI=1S/C11H8BrClN2O2S/c1-17-8-4-6(13)2-3-7(8)10(16)15-11-14-5-9(12)18-11/h2-5H,1H3,(H,14,15,16). The number of carbonyl (C=O) groups is 1. The molecule has 18 heavy (non-hydrogen) atoms. The molecule has 0 radical (unpaired) electrons. The fraction of sp³-hybridized carbons (Fsp3) is 0.0909. The first-order valence-electron chi connectivity index (χ1n) is 4.86. The van der Waals surface area contributed by atoms with Gasteiger partial charge in [0.2, 0.25) is 0 Å². The quantitative estimate of drug-likeness (QED) is 0.918. The van der Waals surface area contributed by atoms with Gasteiger partial charge < -0.3 is 4.74 Å². The number of amides is 1. The van der Waals surface area contributed by atoms with Crippen LogP contribution in [0.5, 0.6) is 5.75 Å². The molecule has 1 aromatic carbocycles. The molecular formula is C11H8BrClN2O2S. The molecule has 1 amide bonds. The van der Waals surface area contributed by atoms with Crippen LogP contribution in [0.15, 0.2) is 28.2 Å². The van der Waals surface area contributed by atoms with Crippen molar-refractivity contribution in [3.05, 3.63) is 38.8 Å². The van der Waals surface area contributed by atoms with E-state index in [0.29, 0.717) is 21.5 Å². The highest BCUT2D eigenvalue weighted by Gasteiger charge is 2.14. The molecule has 7 heteroatoms. The molecule has 0 saturated carbocycles. The maximum absolute atomic E-state index is 12.0. The third-order valence-corrected chi connectivity index (χ3v) is 3.73. The van der Waals surface area contributed by atoms with Gasteiger partial charge in [-0.15, -0.1) is 0 Å². The highest BCUT2D eigenvalue weighted by molar-refractivity contribution is 9.11. The molecule has 0 atom stereocenters. The minimum atomic E-state index is -0.287. The summed E-state index contributed by atoms with van der Waals surface area (Å²) in [5.41, 5.74) is 0.410. The van der Waals surface area contributed by atoms with Gasteiger partial charge in [-0.3, -0.25) is 10.1 Å². The van der Waals surface area contributed by atoms with Crippen LogP contribution in [0, 0.1) is 0 Å². The zero-order chi connectivity index (χ0) is 13.1. The number of halogens is 2. The smallest absolute Gasteiger partial charge is 0.261 e. The number of rotatable bonds is 3. The van der Waals surface area contributed by atoms with Crippen LogP contribution in [0.4, 0.5) is 5.13 Å². The Bertz CT molecular complexity index is 588. The Morgan fingerprint density at radius 1 is 1.56 bits per heavy atom. The van der Waals surface area contributed by atoms with Crippen LogP contribution in [0.1, 0.15) is 10.4 Å². The molecule has 0 saturated heterocycles. The Morgan fingerprint density at radius 2 is 2.33 bits per heavy atom.